The average Bonchev–Trinajstić information content (AvgIpc) is 3.06. The molecule has 76 valence electrons. The lowest BCUT2D eigenvalue weighted by molar-refractivity contribution is 0.414. The van der Waals surface area contributed by atoms with Crippen LogP contribution in [0.2, 0.25) is 0 Å². The zero-order valence-electron chi connectivity index (χ0n) is 8.60. The minimum atomic E-state index is -0.122. The van der Waals surface area contributed by atoms with Gasteiger partial charge in [-0.05, 0) is 30.5 Å². The standard InChI is InChI=1S/C12H12N2O/c1-15-10-5-2-9(3-6-10)4-7-11-12(8-13)14-11/h2-3,5-6,12H,4,7H2,1H3. The lowest BCUT2D eigenvalue weighted by atomic mass is 10.1. The van der Waals surface area contributed by atoms with Gasteiger partial charge in [0.1, 0.15) is 5.75 Å². The van der Waals surface area contributed by atoms with E-state index in [9.17, 15) is 0 Å². The zero-order valence-corrected chi connectivity index (χ0v) is 8.60. The molecule has 0 saturated heterocycles. The fraction of sp³-hybridized carbons (Fsp3) is 0.333. The maximum atomic E-state index is 8.56. The molecule has 1 aliphatic heterocycles. The van der Waals surface area contributed by atoms with E-state index in [0.717, 1.165) is 24.3 Å². The molecule has 0 bridgehead atoms. The van der Waals surface area contributed by atoms with Gasteiger partial charge in [0.05, 0.1) is 18.9 Å². The van der Waals surface area contributed by atoms with Crippen LogP contribution in [0.3, 0.4) is 0 Å². The number of aliphatic imine (C=N–C) groups is 1. The first-order valence-electron chi connectivity index (χ1n) is 4.92. The first-order chi connectivity index (χ1) is 7.33. The van der Waals surface area contributed by atoms with Crippen molar-refractivity contribution in [2.75, 3.05) is 7.11 Å². The largest absolute Gasteiger partial charge is 0.497 e. The lowest BCUT2D eigenvalue weighted by Crippen LogP contribution is -1.96. The summed E-state index contributed by atoms with van der Waals surface area (Å²) in [7, 11) is 1.66. The summed E-state index contributed by atoms with van der Waals surface area (Å²) < 4.78 is 5.07. The van der Waals surface area contributed by atoms with E-state index < -0.39 is 0 Å². The van der Waals surface area contributed by atoms with Crippen molar-refractivity contribution in [2.24, 2.45) is 4.99 Å². The Morgan fingerprint density at radius 2 is 2.07 bits per heavy atom. The number of ether oxygens (including phenoxy) is 1. The van der Waals surface area contributed by atoms with Gasteiger partial charge in [0.25, 0.3) is 0 Å². The Balaban J connectivity index is 1.84. The van der Waals surface area contributed by atoms with Gasteiger partial charge >= 0.3 is 0 Å². The first kappa shape index (κ1) is 9.72. The van der Waals surface area contributed by atoms with Gasteiger partial charge in [-0.1, -0.05) is 12.1 Å². The molecule has 2 rings (SSSR count). The van der Waals surface area contributed by atoms with Crippen molar-refractivity contribution in [2.45, 2.75) is 18.9 Å². The molecule has 1 unspecified atom stereocenters. The van der Waals surface area contributed by atoms with Crippen LogP contribution < -0.4 is 4.74 Å². The van der Waals surface area contributed by atoms with E-state index in [1.165, 1.54) is 5.56 Å². The third-order valence-corrected chi connectivity index (χ3v) is 2.49. The molecule has 0 fully saturated rings. The topological polar surface area (TPSA) is 45.4 Å². The number of hydrogen-bond donors (Lipinski definition) is 0. The van der Waals surface area contributed by atoms with Gasteiger partial charge in [-0.25, -0.2) is 0 Å². The van der Waals surface area contributed by atoms with Gasteiger partial charge in [0.15, 0.2) is 6.04 Å². The molecule has 0 radical (unpaired) electrons. The predicted octanol–water partition coefficient (Wildman–Crippen LogP) is 1.97. The van der Waals surface area contributed by atoms with Crippen molar-refractivity contribution in [1.82, 2.24) is 0 Å². The second kappa shape index (κ2) is 4.14. The number of methoxy groups -OCH3 is 1. The number of nitrogens with zero attached hydrogens (tertiary/aromatic N) is 2. The molecule has 0 aliphatic carbocycles. The quantitative estimate of drug-likeness (QED) is 0.746. The second-order valence-corrected chi connectivity index (χ2v) is 3.50. The third-order valence-electron chi connectivity index (χ3n) is 2.49. The van der Waals surface area contributed by atoms with Crippen molar-refractivity contribution in [1.29, 1.82) is 5.26 Å². The van der Waals surface area contributed by atoms with Crippen LogP contribution in [-0.4, -0.2) is 18.9 Å². The van der Waals surface area contributed by atoms with Crippen molar-refractivity contribution >= 4 is 5.71 Å². The number of benzene rings is 1. The van der Waals surface area contributed by atoms with Gasteiger partial charge in [0, 0.05) is 0 Å². The van der Waals surface area contributed by atoms with Crippen LogP contribution in [0.5, 0.6) is 5.75 Å². The molecule has 1 aromatic rings. The molecule has 3 heteroatoms. The summed E-state index contributed by atoms with van der Waals surface area (Å²) in [6.45, 7) is 0. The van der Waals surface area contributed by atoms with Crippen LogP contribution in [-0.2, 0) is 6.42 Å². The zero-order chi connectivity index (χ0) is 10.7. The van der Waals surface area contributed by atoms with Crippen LogP contribution in [0, 0.1) is 11.3 Å². The fourth-order valence-electron chi connectivity index (χ4n) is 1.50. The summed E-state index contributed by atoms with van der Waals surface area (Å²) >= 11 is 0. The Morgan fingerprint density at radius 3 is 2.60 bits per heavy atom. The second-order valence-electron chi connectivity index (χ2n) is 3.50. The highest BCUT2D eigenvalue weighted by atomic mass is 16.5. The van der Waals surface area contributed by atoms with E-state index >= 15 is 0 Å². The average molecular weight is 200 g/mol. The van der Waals surface area contributed by atoms with Crippen LogP contribution >= 0.6 is 0 Å². The Bertz CT molecular complexity index is 414. The summed E-state index contributed by atoms with van der Waals surface area (Å²) in [5.74, 6) is 0.873. The SMILES string of the molecule is COc1ccc(CCC2=NC2C#N)cc1. The van der Waals surface area contributed by atoms with Crippen molar-refractivity contribution in [3.05, 3.63) is 29.8 Å². The van der Waals surface area contributed by atoms with Gasteiger partial charge in [-0.15, -0.1) is 0 Å². The normalized spacial score (nSPS) is 17.9. The highest BCUT2D eigenvalue weighted by Gasteiger charge is 2.25. The first-order valence-corrected chi connectivity index (χ1v) is 4.92. The summed E-state index contributed by atoms with van der Waals surface area (Å²) in [6.07, 6.45) is 1.84. The molecule has 3 nitrogen and oxygen atoms in total. The van der Waals surface area contributed by atoms with Crippen molar-refractivity contribution in [3.8, 4) is 11.8 Å². The number of nitriles is 1. The van der Waals surface area contributed by atoms with Gasteiger partial charge < -0.3 is 4.74 Å². The maximum absolute atomic E-state index is 8.56. The molecule has 0 aromatic heterocycles. The van der Waals surface area contributed by atoms with E-state index in [2.05, 4.69) is 11.1 Å². The van der Waals surface area contributed by atoms with Crippen molar-refractivity contribution < 1.29 is 4.74 Å². The van der Waals surface area contributed by atoms with E-state index in [1.54, 1.807) is 7.11 Å². The molecule has 0 N–H and O–H groups in total. The monoisotopic (exact) mass is 200 g/mol. The van der Waals surface area contributed by atoms with Crippen LogP contribution in [0.25, 0.3) is 0 Å². The molecule has 1 aromatic carbocycles. The Kier molecular flexibility index (Phi) is 2.68. The minimum absolute atomic E-state index is 0.122. The summed E-state index contributed by atoms with van der Waals surface area (Å²) in [5.41, 5.74) is 2.29. The molecule has 0 saturated carbocycles. The predicted molar refractivity (Wildman–Crippen MR) is 58.2 cm³/mol. The van der Waals surface area contributed by atoms with E-state index in [1.807, 2.05) is 24.3 Å². The van der Waals surface area contributed by atoms with Crippen LogP contribution in [0.15, 0.2) is 29.3 Å². The Morgan fingerprint density at radius 1 is 1.33 bits per heavy atom. The van der Waals surface area contributed by atoms with Crippen LogP contribution in [0.4, 0.5) is 0 Å². The van der Waals surface area contributed by atoms with Gasteiger partial charge in [0.2, 0.25) is 0 Å². The van der Waals surface area contributed by atoms with Gasteiger partial charge in [-0.3, -0.25) is 4.99 Å². The number of rotatable bonds is 4. The van der Waals surface area contributed by atoms with Crippen LogP contribution in [0.1, 0.15) is 12.0 Å². The summed E-state index contributed by atoms with van der Waals surface area (Å²) in [6, 6.07) is 9.99. The third kappa shape index (κ3) is 2.35. The number of aryl methyl sites for hydroxylation is 1. The van der Waals surface area contributed by atoms with E-state index in [0.29, 0.717) is 0 Å². The molecule has 15 heavy (non-hydrogen) atoms. The molecule has 0 amide bonds. The lowest BCUT2D eigenvalue weighted by Gasteiger charge is -2.01. The molecular weight excluding hydrogens is 188 g/mol. The maximum Gasteiger partial charge on any atom is 0.174 e. The van der Waals surface area contributed by atoms with E-state index in [4.69, 9.17) is 10.00 Å². The molecule has 1 aliphatic rings. The molecule has 1 heterocycles. The molecule has 0 spiro atoms. The Hall–Kier alpha value is -1.82. The van der Waals surface area contributed by atoms with E-state index in [-0.39, 0.29) is 6.04 Å². The molecule has 1 atom stereocenters. The summed E-state index contributed by atoms with van der Waals surface area (Å²) in [5, 5.41) is 8.56. The highest BCUT2D eigenvalue weighted by molar-refractivity contribution is 6.03. The summed E-state index contributed by atoms with van der Waals surface area (Å²) in [4.78, 5) is 4.05. The molecular formula is C12H12N2O. The van der Waals surface area contributed by atoms with Gasteiger partial charge in [-0.2, -0.15) is 5.26 Å². The minimum Gasteiger partial charge on any atom is -0.497 e. The highest BCUT2D eigenvalue weighted by Crippen LogP contribution is 2.18. The van der Waals surface area contributed by atoms with Crippen molar-refractivity contribution in [3.63, 3.8) is 0 Å². The Labute approximate surface area is 89.0 Å². The smallest absolute Gasteiger partial charge is 0.174 e. The fourth-order valence-corrected chi connectivity index (χ4v) is 1.50. The number of hydrogen-bond acceptors (Lipinski definition) is 3.